The number of esters is 1. The Balaban J connectivity index is 1.38. The van der Waals surface area contributed by atoms with Gasteiger partial charge in [-0.3, -0.25) is 4.79 Å². The highest BCUT2D eigenvalue weighted by Crippen LogP contribution is 2.42. The summed E-state index contributed by atoms with van der Waals surface area (Å²) in [6.07, 6.45) is -3.75. The van der Waals surface area contributed by atoms with E-state index >= 15 is 0 Å². The van der Waals surface area contributed by atoms with Crippen LogP contribution in [0.15, 0.2) is 36.4 Å². The Hall–Kier alpha value is -3.82. The predicted octanol–water partition coefficient (Wildman–Crippen LogP) is 3.36. The lowest BCUT2D eigenvalue weighted by molar-refractivity contribution is -0.286. The maximum absolute atomic E-state index is 13.0. The number of hydrogen-bond donors (Lipinski definition) is 1. The summed E-state index contributed by atoms with van der Waals surface area (Å²) in [5, 5.41) is 2.43. The van der Waals surface area contributed by atoms with Crippen molar-refractivity contribution in [3.63, 3.8) is 0 Å². The predicted molar refractivity (Wildman–Crippen MR) is 101 cm³/mol. The molecule has 1 N–H and O–H groups in total. The molecule has 1 aliphatic heterocycles. The molecule has 1 amide bonds. The number of aryl methyl sites for hydroxylation is 2. The zero-order chi connectivity index (χ0) is 21.5. The van der Waals surface area contributed by atoms with E-state index in [0.717, 1.165) is 11.4 Å². The Labute approximate surface area is 168 Å². The van der Waals surface area contributed by atoms with Crippen LogP contribution in [0.5, 0.6) is 11.5 Å². The number of nitrogens with one attached hydrogen (secondary N) is 1. The number of nitrogens with zero attached hydrogens (tertiary/aromatic N) is 2. The summed E-state index contributed by atoms with van der Waals surface area (Å²) in [5.74, 6) is -1.72. The van der Waals surface area contributed by atoms with E-state index in [1.807, 2.05) is 13.8 Å². The van der Waals surface area contributed by atoms with Gasteiger partial charge in [0.25, 0.3) is 5.91 Å². The zero-order valence-electron chi connectivity index (χ0n) is 15.9. The summed E-state index contributed by atoms with van der Waals surface area (Å²) in [6, 6.07) is 8.49. The average Bonchev–Trinajstić information content (AvgIpc) is 2.99. The molecule has 0 spiro atoms. The molecule has 8 nitrogen and oxygen atoms in total. The van der Waals surface area contributed by atoms with Crippen LogP contribution in [-0.2, 0) is 9.53 Å². The second kappa shape index (κ2) is 7.21. The standard InChI is InChI=1S/C20H15F2N3O5/c1-10-11(2)24-15-7-12(3-5-14(15)23-10)19(27)28-9-18(26)25-13-4-6-16-17(8-13)30-20(21,22)29-16/h3-8H,9H2,1-2H3,(H,25,26). The number of alkyl halides is 2. The van der Waals surface area contributed by atoms with E-state index in [1.165, 1.54) is 30.3 Å². The van der Waals surface area contributed by atoms with Gasteiger partial charge in [-0.2, -0.15) is 0 Å². The van der Waals surface area contributed by atoms with E-state index < -0.39 is 24.8 Å². The molecule has 2 aromatic carbocycles. The van der Waals surface area contributed by atoms with Crippen LogP contribution in [0, 0.1) is 13.8 Å². The molecule has 10 heteroatoms. The molecule has 0 fully saturated rings. The first kappa shape index (κ1) is 19.5. The van der Waals surface area contributed by atoms with Gasteiger partial charge in [0.2, 0.25) is 0 Å². The molecule has 1 aromatic heterocycles. The fourth-order valence-electron chi connectivity index (χ4n) is 2.80. The van der Waals surface area contributed by atoms with Gasteiger partial charge in [-0.25, -0.2) is 14.8 Å². The van der Waals surface area contributed by atoms with Crippen LogP contribution < -0.4 is 14.8 Å². The van der Waals surface area contributed by atoms with Crippen molar-refractivity contribution in [1.29, 1.82) is 0 Å². The minimum Gasteiger partial charge on any atom is -0.452 e. The van der Waals surface area contributed by atoms with Gasteiger partial charge in [-0.1, -0.05) is 0 Å². The minimum atomic E-state index is -3.75. The van der Waals surface area contributed by atoms with E-state index in [-0.39, 0.29) is 22.7 Å². The van der Waals surface area contributed by atoms with Gasteiger partial charge in [-0.15, -0.1) is 8.78 Å². The SMILES string of the molecule is Cc1nc2ccc(C(=O)OCC(=O)Nc3ccc4c(c3)OC(F)(F)O4)cc2nc1C. The first-order valence-electron chi connectivity index (χ1n) is 8.82. The number of halogens is 2. The van der Waals surface area contributed by atoms with Crippen LogP contribution in [0.25, 0.3) is 11.0 Å². The van der Waals surface area contributed by atoms with Crippen molar-refractivity contribution in [3.8, 4) is 11.5 Å². The van der Waals surface area contributed by atoms with Crippen LogP contribution in [0.2, 0.25) is 0 Å². The summed E-state index contributed by atoms with van der Waals surface area (Å²) in [7, 11) is 0. The van der Waals surface area contributed by atoms with Crippen LogP contribution in [0.4, 0.5) is 14.5 Å². The molecule has 4 rings (SSSR count). The lowest BCUT2D eigenvalue weighted by Gasteiger charge is -2.08. The average molecular weight is 415 g/mol. The number of carbonyl (C=O) groups is 2. The lowest BCUT2D eigenvalue weighted by atomic mass is 10.2. The van der Waals surface area contributed by atoms with Gasteiger partial charge in [0, 0.05) is 11.8 Å². The van der Waals surface area contributed by atoms with E-state index in [1.54, 1.807) is 6.07 Å². The normalized spacial score (nSPS) is 13.9. The molecule has 30 heavy (non-hydrogen) atoms. The van der Waals surface area contributed by atoms with Crippen LogP contribution in [-0.4, -0.2) is 34.7 Å². The van der Waals surface area contributed by atoms with Crippen molar-refractivity contribution in [2.24, 2.45) is 0 Å². The molecular formula is C20H15F2N3O5. The minimum absolute atomic E-state index is 0.144. The van der Waals surface area contributed by atoms with Gasteiger partial charge in [0.05, 0.1) is 28.0 Å². The van der Waals surface area contributed by atoms with Gasteiger partial charge in [-0.05, 0) is 44.2 Å². The molecule has 1 aliphatic rings. The number of hydrogen-bond acceptors (Lipinski definition) is 7. The van der Waals surface area contributed by atoms with E-state index in [0.29, 0.717) is 11.0 Å². The van der Waals surface area contributed by atoms with Gasteiger partial charge >= 0.3 is 12.3 Å². The molecule has 0 aliphatic carbocycles. The molecule has 0 unspecified atom stereocenters. The lowest BCUT2D eigenvalue weighted by Crippen LogP contribution is -2.25. The van der Waals surface area contributed by atoms with Crippen molar-refractivity contribution < 1.29 is 32.6 Å². The highest BCUT2D eigenvalue weighted by Gasteiger charge is 2.43. The van der Waals surface area contributed by atoms with Crippen molar-refractivity contribution in [1.82, 2.24) is 9.97 Å². The van der Waals surface area contributed by atoms with Gasteiger partial charge < -0.3 is 19.5 Å². The van der Waals surface area contributed by atoms with Crippen molar-refractivity contribution in [2.45, 2.75) is 20.1 Å². The maximum atomic E-state index is 13.0. The van der Waals surface area contributed by atoms with Gasteiger partial charge in [0.15, 0.2) is 18.1 Å². The molecule has 154 valence electrons. The third-order valence-electron chi connectivity index (χ3n) is 4.33. The van der Waals surface area contributed by atoms with E-state index in [9.17, 15) is 18.4 Å². The first-order chi connectivity index (χ1) is 14.2. The molecule has 0 bridgehead atoms. The molecule has 0 atom stereocenters. The smallest absolute Gasteiger partial charge is 0.452 e. The van der Waals surface area contributed by atoms with E-state index in [2.05, 4.69) is 24.8 Å². The number of aromatic nitrogens is 2. The zero-order valence-corrected chi connectivity index (χ0v) is 15.9. The fraction of sp³-hybridized carbons (Fsp3) is 0.200. The summed E-state index contributed by atoms with van der Waals surface area (Å²) in [4.78, 5) is 33.1. The number of anilines is 1. The number of amides is 1. The van der Waals surface area contributed by atoms with Gasteiger partial charge in [0.1, 0.15) is 0 Å². The monoisotopic (exact) mass is 415 g/mol. The van der Waals surface area contributed by atoms with E-state index in [4.69, 9.17) is 4.74 Å². The highest BCUT2D eigenvalue weighted by molar-refractivity contribution is 5.97. The molecule has 3 aromatic rings. The number of fused-ring (bicyclic) bond motifs is 2. The van der Waals surface area contributed by atoms with Crippen LogP contribution in [0.3, 0.4) is 0 Å². The second-order valence-electron chi connectivity index (χ2n) is 6.55. The number of ether oxygens (including phenoxy) is 3. The molecule has 0 radical (unpaired) electrons. The fourth-order valence-corrected chi connectivity index (χ4v) is 2.80. The quantitative estimate of drug-likeness (QED) is 0.652. The summed E-state index contributed by atoms with van der Waals surface area (Å²) in [6.45, 7) is 3.09. The first-order valence-corrected chi connectivity index (χ1v) is 8.82. The van der Waals surface area contributed by atoms with Crippen molar-refractivity contribution in [2.75, 3.05) is 11.9 Å². The summed E-state index contributed by atoms with van der Waals surface area (Å²) < 4.78 is 39.7. The summed E-state index contributed by atoms with van der Waals surface area (Å²) in [5.41, 5.74) is 3.12. The number of carbonyl (C=O) groups excluding carboxylic acids is 2. The Bertz CT molecular complexity index is 1180. The second-order valence-corrected chi connectivity index (χ2v) is 6.55. The largest absolute Gasteiger partial charge is 0.586 e. The molecular weight excluding hydrogens is 400 g/mol. The van der Waals surface area contributed by atoms with Crippen LogP contribution >= 0.6 is 0 Å². The maximum Gasteiger partial charge on any atom is 0.586 e. The Morgan fingerprint density at radius 2 is 1.70 bits per heavy atom. The Morgan fingerprint density at radius 1 is 1.00 bits per heavy atom. The topological polar surface area (TPSA) is 99.6 Å². The van der Waals surface area contributed by atoms with Crippen LogP contribution in [0.1, 0.15) is 21.7 Å². The van der Waals surface area contributed by atoms with Crippen molar-refractivity contribution >= 4 is 28.6 Å². The highest BCUT2D eigenvalue weighted by atomic mass is 19.3. The molecule has 0 saturated carbocycles. The Kier molecular flexibility index (Phi) is 4.69. The van der Waals surface area contributed by atoms with Crippen molar-refractivity contribution in [3.05, 3.63) is 53.3 Å². The Morgan fingerprint density at radius 3 is 2.47 bits per heavy atom. The third-order valence-corrected chi connectivity index (χ3v) is 4.33. The molecule has 2 heterocycles. The number of rotatable bonds is 4. The summed E-state index contributed by atoms with van der Waals surface area (Å²) >= 11 is 0. The molecule has 0 saturated heterocycles. The third kappa shape index (κ3) is 3.97. The number of benzene rings is 2.